The number of nitrogens with one attached hydrogen (secondary N) is 1. The number of benzene rings is 2. The van der Waals surface area contributed by atoms with Crippen LogP contribution in [0.15, 0.2) is 42.5 Å². The van der Waals surface area contributed by atoms with E-state index in [-0.39, 0.29) is 11.1 Å². The lowest BCUT2D eigenvalue weighted by Crippen LogP contribution is -2.17. The van der Waals surface area contributed by atoms with E-state index >= 15 is 0 Å². The minimum absolute atomic E-state index is 0.0897. The van der Waals surface area contributed by atoms with E-state index < -0.39 is 5.82 Å². The summed E-state index contributed by atoms with van der Waals surface area (Å²) in [6.45, 7) is 5.05. The van der Waals surface area contributed by atoms with E-state index in [0.29, 0.717) is 11.5 Å². The quantitative estimate of drug-likeness (QED) is 0.843. The van der Waals surface area contributed by atoms with E-state index in [2.05, 4.69) is 19.2 Å². The van der Waals surface area contributed by atoms with Gasteiger partial charge in [-0.05, 0) is 43.3 Å². The number of rotatable bonds is 5. The Labute approximate surface area is 123 Å². The number of halogens is 2. The third-order valence-electron chi connectivity index (χ3n) is 3.00. The third kappa shape index (κ3) is 3.71. The second-order valence-electron chi connectivity index (χ2n) is 4.53. The highest BCUT2D eigenvalue weighted by atomic mass is 35.5. The van der Waals surface area contributed by atoms with Crippen molar-refractivity contribution in [2.45, 2.75) is 19.9 Å². The van der Waals surface area contributed by atoms with Crippen LogP contribution in [0.25, 0.3) is 0 Å². The van der Waals surface area contributed by atoms with Crippen LogP contribution in [0, 0.1) is 5.82 Å². The van der Waals surface area contributed by atoms with E-state index in [1.54, 1.807) is 6.07 Å². The molecule has 1 N–H and O–H groups in total. The molecule has 0 saturated carbocycles. The van der Waals surface area contributed by atoms with E-state index in [4.69, 9.17) is 16.3 Å². The molecule has 0 aliphatic rings. The summed E-state index contributed by atoms with van der Waals surface area (Å²) in [5.74, 6) is 0.621. The maximum atomic E-state index is 13.4. The van der Waals surface area contributed by atoms with Crippen LogP contribution in [0.1, 0.15) is 25.5 Å². The standard InChI is InChI=1S/C16H17ClFNO/c1-3-19-11(2)12-5-4-6-13(9-12)20-14-7-8-15(17)16(18)10-14/h4-11,19H,3H2,1-2H3. The molecule has 106 valence electrons. The second kappa shape index (κ2) is 6.73. The van der Waals surface area contributed by atoms with Gasteiger partial charge in [-0.25, -0.2) is 4.39 Å². The average molecular weight is 294 g/mol. The summed E-state index contributed by atoms with van der Waals surface area (Å²) in [4.78, 5) is 0. The molecule has 0 bridgehead atoms. The van der Waals surface area contributed by atoms with Crippen LogP contribution in [-0.2, 0) is 0 Å². The first-order chi connectivity index (χ1) is 9.60. The molecular weight excluding hydrogens is 277 g/mol. The highest BCUT2D eigenvalue weighted by Gasteiger charge is 2.07. The topological polar surface area (TPSA) is 21.3 Å². The fourth-order valence-electron chi connectivity index (χ4n) is 1.95. The van der Waals surface area contributed by atoms with Gasteiger partial charge in [-0.15, -0.1) is 0 Å². The first-order valence-electron chi connectivity index (χ1n) is 6.56. The van der Waals surface area contributed by atoms with Gasteiger partial charge < -0.3 is 10.1 Å². The SMILES string of the molecule is CCNC(C)c1cccc(Oc2ccc(Cl)c(F)c2)c1. The van der Waals surface area contributed by atoms with Gasteiger partial charge >= 0.3 is 0 Å². The first-order valence-corrected chi connectivity index (χ1v) is 6.94. The van der Waals surface area contributed by atoms with Crippen LogP contribution in [-0.4, -0.2) is 6.54 Å². The Morgan fingerprint density at radius 3 is 2.65 bits per heavy atom. The lowest BCUT2D eigenvalue weighted by molar-refractivity contribution is 0.474. The van der Waals surface area contributed by atoms with E-state index in [9.17, 15) is 4.39 Å². The predicted octanol–water partition coefficient (Wildman–Crippen LogP) is 4.94. The Bertz CT molecular complexity index is 588. The van der Waals surface area contributed by atoms with Crippen molar-refractivity contribution < 1.29 is 9.13 Å². The summed E-state index contributed by atoms with van der Waals surface area (Å²) in [6.07, 6.45) is 0. The zero-order chi connectivity index (χ0) is 14.5. The van der Waals surface area contributed by atoms with Crippen LogP contribution in [0.4, 0.5) is 4.39 Å². The smallest absolute Gasteiger partial charge is 0.145 e. The van der Waals surface area contributed by atoms with Crippen molar-refractivity contribution in [3.8, 4) is 11.5 Å². The van der Waals surface area contributed by atoms with Gasteiger partial charge in [-0.2, -0.15) is 0 Å². The maximum absolute atomic E-state index is 13.4. The van der Waals surface area contributed by atoms with Gasteiger partial charge in [0.2, 0.25) is 0 Å². The van der Waals surface area contributed by atoms with Crippen molar-refractivity contribution in [1.82, 2.24) is 5.32 Å². The highest BCUT2D eigenvalue weighted by Crippen LogP contribution is 2.27. The molecule has 2 rings (SSSR count). The zero-order valence-electron chi connectivity index (χ0n) is 11.5. The Kier molecular flexibility index (Phi) is 4.99. The minimum Gasteiger partial charge on any atom is -0.457 e. The molecule has 0 aliphatic carbocycles. The molecule has 20 heavy (non-hydrogen) atoms. The highest BCUT2D eigenvalue weighted by molar-refractivity contribution is 6.30. The number of hydrogen-bond acceptors (Lipinski definition) is 2. The maximum Gasteiger partial charge on any atom is 0.145 e. The minimum atomic E-state index is -0.485. The van der Waals surface area contributed by atoms with Crippen molar-refractivity contribution in [3.05, 3.63) is 58.9 Å². The molecule has 2 aromatic rings. The van der Waals surface area contributed by atoms with Crippen LogP contribution >= 0.6 is 11.6 Å². The average Bonchev–Trinajstić information content (AvgIpc) is 2.43. The fraction of sp³-hybridized carbons (Fsp3) is 0.250. The largest absolute Gasteiger partial charge is 0.457 e. The van der Waals surface area contributed by atoms with Crippen LogP contribution in [0.5, 0.6) is 11.5 Å². The van der Waals surface area contributed by atoms with E-state index in [0.717, 1.165) is 12.1 Å². The lowest BCUT2D eigenvalue weighted by Gasteiger charge is -2.14. The Morgan fingerprint density at radius 2 is 1.95 bits per heavy atom. The monoisotopic (exact) mass is 293 g/mol. The molecule has 0 amide bonds. The molecule has 4 heteroatoms. The third-order valence-corrected chi connectivity index (χ3v) is 3.30. The molecule has 2 nitrogen and oxygen atoms in total. The molecule has 0 heterocycles. The summed E-state index contributed by atoms with van der Waals surface area (Å²) < 4.78 is 19.0. The summed E-state index contributed by atoms with van der Waals surface area (Å²) in [6, 6.07) is 12.4. The van der Waals surface area contributed by atoms with Crippen molar-refractivity contribution in [2.24, 2.45) is 0 Å². The van der Waals surface area contributed by atoms with Crippen molar-refractivity contribution >= 4 is 11.6 Å². The van der Waals surface area contributed by atoms with E-state index in [1.165, 1.54) is 12.1 Å². The normalized spacial score (nSPS) is 12.2. The number of ether oxygens (including phenoxy) is 1. The van der Waals surface area contributed by atoms with Crippen LogP contribution < -0.4 is 10.1 Å². The zero-order valence-corrected chi connectivity index (χ0v) is 12.2. The molecule has 0 saturated heterocycles. The molecule has 2 aromatic carbocycles. The lowest BCUT2D eigenvalue weighted by atomic mass is 10.1. The van der Waals surface area contributed by atoms with Gasteiger partial charge in [0.05, 0.1) is 5.02 Å². The van der Waals surface area contributed by atoms with Crippen molar-refractivity contribution in [3.63, 3.8) is 0 Å². The summed E-state index contributed by atoms with van der Waals surface area (Å²) in [5, 5.41) is 3.43. The van der Waals surface area contributed by atoms with Gasteiger partial charge in [0.15, 0.2) is 0 Å². The first kappa shape index (κ1) is 14.8. The fourth-order valence-corrected chi connectivity index (χ4v) is 2.07. The van der Waals surface area contributed by atoms with Gasteiger partial charge in [-0.3, -0.25) is 0 Å². The predicted molar refractivity (Wildman–Crippen MR) is 80.0 cm³/mol. The Balaban J connectivity index is 2.16. The Morgan fingerprint density at radius 1 is 1.20 bits per heavy atom. The molecule has 1 atom stereocenters. The summed E-state index contributed by atoms with van der Waals surface area (Å²) >= 11 is 5.65. The molecule has 1 unspecified atom stereocenters. The second-order valence-corrected chi connectivity index (χ2v) is 4.94. The van der Waals surface area contributed by atoms with Crippen LogP contribution in [0.2, 0.25) is 5.02 Å². The molecule has 0 spiro atoms. The molecule has 0 aliphatic heterocycles. The molecular formula is C16H17ClFNO. The number of hydrogen-bond donors (Lipinski definition) is 1. The van der Waals surface area contributed by atoms with Crippen molar-refractivity contribution in [2.75, 3.05) is 6.54 Å². The molecule has 0 aromatic heterocycles. The van der Waals surface area contributed by atoms with Gasteiger partial charge in [-0.1, -0.05) is 30.7 Å². The molecule has 0 fully saturated rings. The van der Waals surface area contributed by atoms with Gasteiger partial charge in [0.1, 0.15) is 17.3 Å². The molecule has 0 radical (unpaired) electrons. The summed E-state index contributed by atoms with van der Waals surface area (Å²) in [5.41, 5.74) is 1.12. The summed E-state index contributed by atoms with van der Waals surface area (Å²) in [7, 11) is 0. The van der Waals surface area contributed by atoms with Crippen molar-refractivity contribution in [1.29, 1.82) is 0 Å². The Hall–Kier alpha value is -1.58. The van der Waals surface area contributed by atoms with Gasteiger partial charge in [0.25, 0.3) is 0 Å². The van der Waals surface area contributed by atoms with Crippen LogP contribution in [0.3, 0.4) is 0 Å². The van der Waals surface area contributed by atoms with E-state index in [1.807, 2.05) is 24.3 Å². The van der Waals surface area contributed by atoms with Gasteiger partial charge in [0, 0.05) is 12.1 Å².